The molecule has 2 atom stereocenters. The Morgan fingerprint density at radius 2 is 2.05 bits per heavy atom. The quantitative estimate of drug-likeness (QED) is 0.736. The monoisotopic (exact) mass is 266 g/mol. The van der Waals surface area contributed by atoms with Crippen molar-refractivity contribution in [3.63, 3.8) is 0 Å². The van der Waals surface area contributed by atoms with Gasteiger partial charge in [0.05, 0.1) is 0 Å². The molecule has 7 nitrogen and oxygen atoms in total. The molecule has 0 bridgehead atoms. The molecule has 102 valence electrons. The Morgan fingerprint density at radius 1 is 1.37 bits per heavy atom. The van der Waals surface area contributed by atoms with Crippen molar-refractivity contribution in [3.05, 3.63) is 44.6 Å². The topological polar surface area (TPSA) is 93.5 Å². The van der Waals surface area contributed by atoms with Crippen LogP contribution in [-0.4, -0.2) is 26.5 Å². The summed E-state index contributed by atoms with van der Waals surface area (Å²) in [5.74, 6) is -0.0319. The minimum Gasteiger partial charge on any atom is -0.451 e. The van der Waals surface area contributed by atoms with Crippen LogP contribution in [0.2, 0.25) is 0 Å². The Hall–Kier alpha value is -2.02. The molecule has 0 fully saturated rings. The first-order valence-corrected chi connectivity index (χ1v) is 5.99. The molecule has 7 heteroatoms. The number of hydrogen-bond acceptors (Lipinski definition) is 5. The number of ether oxygens (including phenoxy) is 2. The molecule has 2 N–H and O–H groups in total. The van der Waals surface area contributed by atoms with Gasteiger partial charge in [0.15, 0.2) is 11.5 Å². The number of hydrogen-bond donors (Lipinski definition) is 2. The Bertz CT molecular complexity index is 669. The molecule has 3 rings (SSSR count). The molecule has 2 heterocycles. The van der Waals surface area contributed by atoms with Crippen LogP contribution in [0.4, 0.5) is 0 Å². The van der Waals surface area contributed by atoms with E-state index in [1.165, 1.54) is 16.8 Å². The lowest BCUT2D eigenvalue weighted by Crippen LogP contribution is -2.33. The summed E-state index contributed by atoms with van der Waals surface area (Å²) in [5, 5.41) is 9.96. The van der Waals surface area contributed by atoms with Crippen molar-refractivity contribution in [1.29, 1.82) is 0 Å². The van der Waals surface area contributed by atoms with E-state index in [2.05, 4.69) is 4.98 Å². The number of aromatic amines is 1. The summed E-state index contributed by atoms with van der Waals surface area (Å²) in [7, 11) is 0. The van der Waals surface area contributed by atoms with Crippen molar-refractivity contribution < 1.29 is 14.6 Å². The predicted octanol–water partition coefficient (Wildman–Crippen LogP) is -0.163. The number of aliphatic hydroxyl groups excluding tert-OH is 1. The highest BCUT2D eigenvalue weighted by atomic mass is 16.7. The summed E-state index contributed by atoms with van der Waals surface area (Å²) >= 11 is 0. The zero-order valence-electron chi connectivity index (χ0n) is 10.5. The number of allylic oxidation sites excluding steroid dienone is 1. The number of nitrogens with one attached hydrogen (secondary N) is 1. The summed E-state index contributed by atoms with van der Waals surface area (Å²) in [4.78, 5) is 25.0. The molecule has 0 saturated carbocycles. The van der Waals surface area contributed by atoms with Crippen LogP contribution in [0.3, 0.4) is 0 Å². The molecule has 0 unspecified atom stereocenters. The van der Waals surface area contributed by atoms with Gasteiger partial charge in [-0.05, 0) is 0 Å². The average molecular weight is 266 g/mol. The Balaban J connectivity index is 2.04. The number of H-pyrrole nitrogens is 1. The van der Waals surface area contributed by atoms with Gasteiger partial charge in [0.1, 0.15) is 12.1 Å². The largest absolute Gasteiger partial charge is 0.451 e. The van der Waals surface area contributed by atoms with Gasteiger partial charge in [0, 0.05) is 32.5 Å². The fourth-order valence-corrected chi connectivity index (χ4v) is 2.45. The summed E-state index contributed by atoms with van der Waals surface area (Å²) < 4.78 is 12.5. The molecule has 1 aromatic heterocycles. The van der Waals surface area contributed by atoms with Crippen LogP contribution in [0, 0.1) is 0 Å². The van der Waals surface area contributed by atoms with Crippen molar-refractivity contribution in [1.82, 2.24) is 9.55 Å². The fraction of sp³-hybridized carbons (Fsp3) is 0.500. The molecule has 2 aliphatic rings. The van der Waals surface area contributed by atoms with Gasteiger partial charge in [-0.15, -0.1) is 0 Å². The zero-order valence-corrected chi connectivity index (χ0v) is 10.5. The maximum atomic E-state index is 11.8. The minimum atomic E-state index is -0.851. The molecule has 0 saturated heterocycles. The van der Waals surface area contributed by atoms with Gasteiger partial charge in [-0.2, -0.15) is 0 Å². The van der Waals surface area contributed by atoms with Gasteiger partial charge < -0.3 is 14.6 Å². The molecule has 0 radical (unpaired) electrons. The van der Waals surface area contributed by atoms with Gasteiger partial charge in [-0.1, -0.05) is 0 Å². The second-order valence-corrected chi connectivity index (χ2v) is 5.12. The van der Waals surface area contributed by atoms with Crippen molar-refractivity contribution in [2.24, 2.45) is 0 Å². The lowest BCUT2D eigenvalue weighted by molar-refractivity contribution is -0.140. The van der Waals surface area contributed by atoms with Crippen LogP contribution >= 0.6 is 0 Å². The smallest absolute Gasteiger partial charge is 0.328 e. The van der Waals surface area contributed by atoms with E-state index in [0.717, 1.165) is 0 Å². The van der Waals surface area contributed by atoms with E-state index in [4.69, 9.17) is 9.47 Å². The van der Waals surface area contributed by atoms with Crippen LogP contribution in [0.15, 0.2) is 33.4 Å². The van der Waals surface area contributed by atoms with E-state index in [1.807, 2.05) is 0 Å². The van der Waals surface area contributed by atoms with Crippen molar-refractivity contribution in [2.75, 3.05) is 0 Å². The number of aromatic nitrogens is 2. The lowest BCUT2D eigenvalue weighted by Gasteiger charge is -2.24. The van der Waals surface area contributed by atoms with Crippen molar-refractivity contribution in [2.45, 2.75) is 38.2 Å². The first-order valence-electron chi connectivity index (χ1n) is 5.99. The third kappa shape index (κ3) is 1.86. The highest BCUT2D eigenvalue weighted by Gasteiger charge is 2.47. The number of aliphatic hydroxyl groups is 1. The molecule has 1 aliphatic carbocycles. The molecule has 19 heavy (non-hydrogen) atoms. The number of rotatable bonds is 1. The van der Waals surface area contributed by atoms with Crippen molar-refractivity contribution in [3.8, 4) is 0 Å². The SMILES string of the molecule is CC1(C)OC2=C(O1)[C@@H](O)C[C@H]2n1ccc(=O)[nH]c1=O. The third-order valence-electron chi connectivity index (χ3n) is 3.19. The van der Waals surface area contributed by atoms with Crippen LogP contribution in [0.25, 0.3) is 0 Å². The van der Waals surface area contributed by atoms with E-state index < -0.39 is 29.2 Å². The number of nitrogens with zero attached hydrogens (tertiary/aromatic N) is 1. The summed E-state index contributed by atoms with van der Waals surface area (Å²) in [6, 6.07) is 0.795. The molecule has 0 spiro atoms. The second-order valence-electron chi connectivity index (χ2n) is 5.12. The van der Waals surface area contributed by atoms with Crippen LogP contribution < -0.4 is 11.2 Å². The van der Waals surface area contributed by atoms with E-state index in [1.54, 1.807) is 13.8 Å². The standard InChI is InChI=1S/C12H14N2O5/c1-12(2)18-9-6(5-7(15)10(9)19-12)14-4-3-8(16)13-11(14)17/h3-4,6-7,15H,5H2,1-2H3,(H,13,16,17)/t6-,7+/m1/s1. The molecule has 0 amide bonds. The fourth-order valence-electron chi connectivity index (χ4n) is 2.45. The Morgan fingerprint density at radius 3 is 2.74 bits per heavy atom. The van der Waals surface area contributed by atoms with Crippen LogP contribution in [0.5, 0.6) is 0 Å². The summed E-state index contributed by atoms with van der Waals surface area (Å²) in [6.07, 6.45) is 0.871. The predicted molar refractivity (Wildman–Crippen MR) is 64.3 cm³/mol. The average Bonchev–Trinajstić information content (AvgIpc) is 2.75. The first-order chi connectivity index (χ1) is 8.87. The van der Waals surface area contributed by atoms with Gasteiger partial charge in [0.25, 0.3) is 5.56 Å². The second kappa shape index (κ2) is 3.74. The highest BCUT2D eigenvalue weighted by molar-refractivity contribution is 5.23. The molecular weight excluding hydrogens is 252 g/mol. The maximum Gasteiger partial charge on any atom is 0.328 e. The lowest BCUT2D eigenvalue weighted by atomic mass is 10.2. The van der Waals surface area contributed by atoms with Crippen molar-refractivity contribution >= 4 is 0 Å². The third-order valence-corrected chi connectivity index (χ3v) is 3.19. The van der Waals surface area contributed by atoms with E-state index in [9.17, 15) is 14.7 Å². The van der Waals surface area contributed by atoms with Gasteiger partial charge in [-0.25, -0.2) is 4.79 Å². The highest BCUT2D eigenvalue weighted by Crippen LogP contribution is 2.45. The molecule has 0 aromatic carbocycles. The molecular formula is C12H14N2O5. The van der Waals surface area contributed by atoms with Crippen LogP contribution in [-0.2, 0) is 9.47 Å². The Kier molecular flexibility index (Phi) is 2.37. The summed E-state index contributed by atoms with van der Waals surface area (Å²) in [6.45, 7) is 3.45. The van der Waals surface area contributed by atoms with Gasteiger partial charge >= 0.3 is 5.69 Å². The van der Waals surface area contributed by atoms with E-state index >= 15 is 0 Å². The van der Waals surface area contributed by atoms with Gasteiger partial charge in [0.2, 0.25) is 5.79 Å². The zero-order chi connectivity index (χ0) is 13.8. The molecule has 1 aliphatic heterocycles. The van der Waals surface area contributed by atoms with Crippen LogP contribution in [0.1, 0.15) is 26.3 Å². The van der Waals surface area contributed by atoms with Gasteiger partial charge in [-0.3, -0.25) is 14.3 Å². The Labute approximate surface area is 108 Å². The maximum absolute atomic E-state index is 11.8. The summed E-state index contributed by atoms with van der Waals surface area (Å²) in [5.41, 5.74) is -0.996. The minimum absolute atomic E-state index is 0.284. The first kappa shape index (κ1) is 12.0. The molecule has 1 aromatic rings. The van der Waals surface area contributed by atoms with E-state index in [0.29, 0.717) is 11.5 Å². The van der Waals surface area contributed by atoms with E-state index in [-0.39, 0.29) is 6.42 Å². The normalized spacial score (nSPS) is 27.9.